The Bertz CT molecular complexity index is 302. The van der Waals surface area contributed by atoms with Crippen molar-refractivity contribution in [3.8, 4) is 0 Å². The Kier molecular flexibility index (Phi) is 2.90. The second kappa shape index (κ2) is 3.76. The quantitative estimate of drug-likeness (QED) is 0.581. The van der Waals surface area contributed by atoms with E-state index in [1.54, 1.807) is 0 Å². The summed E-state index contributed by atoms with van der Waals surface area (Å²) in [5, 5.41) is 18.1. The van der Waals surface area contributed by atoms with Crippen LogP contribution in [0.15, 0.2) is 12.3 Å². The smallest absolute Gasteiger partial charge is 0.423 e. The molecule has 0 atom stereocenters. The third-order valence-electron chi connectivity index (χ3n) is 1.81. The van der Waals surface area contributed by atoms with Gasteiger partial charge in [0.1, 0.15) is 0 Å². The number of aryl methyl sites for hydroxylation is 1. The highest BCUT2D eigenvalue weighted by molar-refractivity contribution is 6.60. The maximum absolute atomic E-state index is 9.03. The fourth-order valence-corrected chi connectivity index (χ4v) is 1.14. The standard InChI is InChI=1S/C8H13BN2O2/c1-6-4-8(11(2)3)7(5-10-6)9(12)13/h4-5,12-13H,1-3H3. The number of rotatable bonds is 2. The lowest BCUT2D eigenvalue weighted by Crippen LogP contribution is -2.35. The zero-order valence-corrected chi connectivity index (χ0v) is 8.02. The van der Waals surface area contributed by atoms with E-state index in [0.29, 0.717) is 5.46 Å². The molecule has 1 rings (SSSR count). The highest BCUT2D eigenvalue weighted by Gasteiger charge is 2.17. The summed E-state index contributed by atoms with van der Waals surface area (Å²) in [7, 11) is 2.23. The van der Waals surface area contributed by atoms with Crippen LogP contribution in [0.3, 0.4) is 0 Å². The lowest BCUT2D eigenvalue weighted by atomic mass is 9.80. The summed E-state index contributed by atoms with van der Waals surface area (Å²) in [5.41, 5.74) is 2.06. The molecule has 0 fully saturated rings. The number of nitrogens with zero attached hydrogens (tertiary/aromatic N) is 2. The van der Waals surface area contributed by atoms with Crippen molar-refractivity contribution in [2.45, 2.75) is 6.92 Å². The van der Waals surface area contributed by atoms with E-state index >= 15 is 0 Å². The molecule has 4 nitrogen and oxygen atoms in total. The van der Waals surface area contributed by atoms with Crippen LogP contribution in [0.5, 0.6) is 0 Å². The minimum atomic E-state index is -1.47. The van der Waals surface area contributed by atoms with E-state index in [1.807, 2.05) is 32.0 Å². The number of pyridine rings is 1. The molecule has 0 amide bonds. The zero-order valence-electron chi connectivity index (χ0n) is 8.02. The molecule has 0 unspecified atom stereocenters. The van der Waals surface area contributed by atoms with Gasteiger partial charge in [0, 0.05) is 37.1 Å². The first-order valence-electron chi connectivity index (χ1n) is 4.02. The minimum Gasteiger partial charge on any atom is -0.423 e. The van der Waals surface area contributed by atoms with E-state index in [4.69, 9.17) is 10.0 Å². The zero-order chi connectivity index (χ0) is 10.0. The maximum atomic E-state index is 9.03. The molecule has 70 valence electrons. The molecule has 0 aliphatic heterocycles. The molecule has 0 spiro atoms. The Morgan fingerprint density at radius 1 is 1.38 bits per heavy atom. The molecule has 0 saturated heterocycles. The van der Waals surface area contributed by atoms with E-state index in [9.17, 15) is 0 Å². The van der Waals surface area contributed by atoms with Crippen LogP contribution in [0.25, 0.3) is 0 Å². The number of anilines is 1. The van der Waals surface area contributed by atoms with Crippen LogP contribution in [0.2, 0.25) is 0 Å². The van der Waals surface area contributed by atoms with Crippen molar-refractivity contribution < 1.29 is 10.0 Å². The van der Waals surface area contributed by atoms with Crippen molar-refractivity contribution in [3.63, 3.8) is 0 Å². The van der Waals surface area contributed by atoms with Gasteiger partial charge in [0.05, 0.1) is 0 Å². The first-order chi connectivity index (χ1) is 6.02. The Labute approximate surface area is 78.0 Å². The van der Waals surface area contributed by atoms with Crippen molar-refractivity contribution in [2.75, 3.05) is 19.0 Å². The molecule has 1 heterocycles. The van der Waals surface area contributed by atoms with E-state index in [1.165, 1.54) is 6.20 Å². The molecule has 0 aromatic carbocycles. The Morgan fingerprint density at radius 2 is 2.00 bits per heavy atom. The van der Waals surface area contributed by atoms with E-state index in [2.05, 4.69) is 4.98 Å². The molecule has 0 radical (unpaired) electrons. The van der Waals surface area contributed by atoms with Gasteiger partial charge in [0.25, 0.3) is 0 Å². The van der Waals surface area contributed by atoms with Gasteiger partial charge in [-0.25, -0.2) is 0 Å². The fraction of sp³-hybridized carbons (Fsp3) is 0.375. The van der Waals surface area contributed by atoms with Gasteiger partial charge >= 0.3 is 7.12 Å². The molecule has 1 aromatic rings. The van der Waals surface area contributed by atoms with Gasteiger partial charge in [-0.3, -0.25) is 4.98 Å². The lowest BCUT2D eigenvalue weighted by Gasteiger charge is -2.17. The second-order valence-electron chi connectivity index (χ2n) is 3.15. The summed E-state index contributed by atoms with van der Waals surface area (Å²) in [6.45, 7) is 1.86. The van der Waals surface area contributed by atoms with Gasteiger partial charge in [-0.1, -0.05) is 0 Å². The number of hydrogen-bond donors (Lipinski definition) is 2. The molecule has 0 aliphatic carbocycles. The van der Waals surface area contributed by atoms with Crippen molar-refractivity contribution in [2.24, 2.45) is 0 Å². The third kappa shape index (κ3) is 2.20. The van der Waals surface area contributed by atoms with Crippen molar-refractivity contribution >= 4 is 18.3 Å². The van der Waals surface area contributed by atoms with Crippen LogP contribution in [-0.2, 0) is 0 Å². The summed E-state index contributed by atoms with van der Waals surface area (Å²) in [5.74, 6) is 0. The Morgan fingerprint density at radius 3 is 2.46 bits per heavy atom. The van der Waals surface area contributed by atoms with Crippen LogP contribution in [-0.4, -0.2) is 36.2 Å². The minimum absolute atomic E-state index is 0.426. The molecular formula is C8H13BN2O2. The van der Waals surface area contributed by atoms with Crippen molar-refractivity contribution in [1.82, 2.24) is 4.98 Å². The van der Waals surface area contributed by atoms with Gasteiger partial charge < -0.3 is 14.9 Å². The monoisotopic (exact) mass is 180 g/mol. The van der Waals surface area contributed by atoms with E-state index < -0.39 is 7.12 Å². The molecule has 0 bridgehead atoms. The number of aromatic nitrogens is 1. The summed E-state index contributed by atoms with van der Waals surface area (Å²) in [6, 6.07) is 1.81. The average molecular weight is 180 g/mol. The van der Waals surface area contributed by atoms with Crippen LogP contribution < -0.4 is 10.4 Å². The normalized spacial score (nSPS) is 9.92. The molecule has 5 heteroatoms. The highest BCUT2D eigenvalue weighted by atomic mass is 16.4. The molecule has 13 heavy (non-hydrogen) atoms. The number of hydrogen-bond acceptors (Lipinski definition) is 4. The summed E-state index contributed by atoms with van der Waals surface area (Å²) >= 11 is 0. The van der Waals surface area contributed by atoms with Gasteiger partial charge in [0.2, 0.25) is 0 Å². The Balaban J connectivity index is 3.19. The van der Waals surface area contributed by atoms with Crippen LogP contribution in [0.1, 0.15) is 5.69 Å². The van der Waals surface area contributed by atoms with E-state index in [-0.39, 0.29) is 0 Å². The first-order valence-corrected chi connectivity index (χ1v) is 4.02. The molecule has 2 N–H and O–H groups in total. The van der Waals surface area contributed by atoms with Gasteiger partial charge in [-0.2, -0.15) is 0 Å². The summed E-state index contributed by atoms with van der Waals surface area (Å²) in [6.07, 6.45) is 1.48. The van der Waals surface area contributed by atoms with Gasteiger partial charge in [0.15, 0.2) is 0 Å². The topological polar surface area (TPSA) is 56.6 Å². The SMILES string of the molecule is Cc1cc(N(C)C)c(B(O)O)cn1. The van der Waals surface area contributed by atoms with Crippen LogP contribution in [0, 0.1) is 6.92 Å². The first kappa shape index (κ1) is 10.0. The lowest BCUT2D eigenvalue weighted by molar-refractivity contribution is 0.425. The molecule has 1 aromatic heterocycles. The fourth-order valence-electron chi connectivity index (χ4n) is 1.14. The van der Waals surface area contributed by atoms with Gasteiger partial charge in [-0.05, 0) is 13.0 Å². The van der Waals surface area contributed by atoms with E-state index in [0.717, 1.165) is 11.4 Å². The largest absolute Gasteiger partial charge is 0.492 e. The molecule has 0 aliphatic rings. The summed E-state index contributed by atoms with van der Waals surface area (Å²) < 4.78 is 0. The predicted octanol–water partition coefficient (Wildman–Crippen LogP) is -0.864. The van der Waals surface area contributed by atoms with Crippen molar-refractivity contribution in [3.05, 3.63) is 18.0 Å². The maximum Gasteiger partial charge on any atom is 0.492 e. The molecular weight excluding hydrogens is 167 g/mol. The average Bonchev–Trinajstić information content (AvgIpc) is 2.03. The van der Waals surface area contributed by atoms with Crippen LogP contribution >= 0.6 is 0 Å². The van der Waals surface area contributed by atoms with Crippen LogP contribution in [0.4, 0.5) is 5.69 Å². The second-order valence-corrected chi connectivity index (χ2v) is 3.15. The van der Waals surface area contributed by atoms with Gasteiger partial charge in [-0.15, -0.1) is 0 Å². The third-order valence-corrected chi connectivity index (χ3v) is 1.81. The highest BCUT2D eigenvalue weighted by Crippen LogP contribution is 2.08. The molecule has 0 saturated carbocycles. The Hall–Kier alpha value is -1.07. The predicted molar refractivity (Wildman–Crippen MR) is 53.1 cm³/mol. The summed E-state index contributed by atoms with van der Waals surface area (Å²) in [4.78, 5) is 5.82. The van der Waals surface area contributed by atoms with Crippen molar-refractivity contribution in [1.29, 1.82) is 0 Å².